The number of imidazole rings is 1. The average molecular weight is 367 g/mol. The maximum absolute atomic E-state index is 13.2. The van der Waals surface area contributed by atoms with Gasteiger partial charge in [0.25, 0.3) is 0 Å². The van der Waals surface area contributed by atoms with Crippen molar-refractivity contribution in [1.29, 1.82) is 0 Å². The molecule has 6 heteroatoms. The van der Waals surface area contributed by atoms with Crippen LogP contribution in [-0.2, 0) is 5.41 Å². The Hall–Kier alpha value is -1.85. The molecule has 144 valence electrons. The van der Waals surface area contributed by atoms with E-state index < -0.39 is 0 Å². The van der Waals surface area contributed by atoms with Gasteiger partial charge < -0.3 is 4.98 Å². The lowest BCUT2D eigenvalue weighted by molar-refractivity contribution is 0.226. The number of carbonyl (C=O) groups excluding carboxylic acids is 1. The second kappa shape index (κ2) is 5.36. The minimum Gasteiger partial charge on any atom is -0.337 e. The zero-order chi connectivity index (χ0) is 18.3. The Balaban J connectivity index is 1.47. The van der Waals surface area contributed by atoms with E-state index in [1.165, 1.54) is 32.1 Å². The molecule has 4 aliphatic carbocycles. The number of nitrogens with zero attached hydrogens (tertiary/aromatic N) is 4. The lowest BCUT2D eigenvalue weighted by Crippen LogP contribution is -2.50. The van der Waals surface area contributed by atoms with E-state index in [4.69, 9.17) is 9.98 Å². The molecular weight excluding hydrogens is 338 g/mol. The van der Waals surface area contributed by atoms with Gasteiger partial charge in [-0.2, -0.15) is 0 Å². The van der Waals surface area contributed by atoms with Gasteiger partial charge in [-0.1, -0.05) is 13.8 Å². The maximum Gasteiger partial charge on any atom is 0.331 e. The van der Waals surface area contributed by atoms with E-state index in [2.05, 4.69) is 18.8 Å². The molecule has 0 aromatic carbocycles. The third-order valence-electron chi connectivity index (χ3n) is 7.96. The molecule has 4 fully saturated rings. The Morgan fingerprint density at radius 1 is 1.19 bits per heavy atom. The second-order valence-corrected chi connectivity index (χ2v) is 9.54. The summed E-state index contributed by atoms with van der Waals surface area (Å²) >= 11 is 0. The second-order valence-electron chi connectivity index (χ2n) is 9.54. The van der Waals surface area contributed by atoms with Gasteiger partial charge >= 0.3 is 6.03 Å². The summed E-state index contributed by atoms with van der Waals surface area (Å²) in [7, 11) is 0. The quantitative estimate of drug-likeness (QED) is 0.882. The van der Waals surface area contributed by atoms with Crippen LogP contribution in [0.5, 0.6) is 0 Å². The summed E-state index contributed by atoms with van der Waals surface area (Å²) in [6.45, 7) is 5.70. The van der Waals surface area contributed by atoms with Crippen LogP contribution in [0.4, 0.5) is 10.6 Å². The van der Waals surface area contributed by atoms with Crippen molar-refractivity contribution in [3.63, 3.8) is 0 Å². The molecule has 27 heavy (non-hydrogen) atoms. The number of rotatable bonds is 4. The number of H-pyrrole nitrogens is 1. The van der Waals surface area contributed by atoms with Crippen molar-refractivity contribution in [2.75, 3.05) is 18.0 Å². The maximum atomic E-state index is 13.2. The van der Waals surface area contributed by atoms with E-state index in [0.717, 1.165) is 60.3 Å². The molecule has 1 N–H and O–H groups in total. The van der Waals surface area contributed by atoms with Crippen molar-refractivity contribution < 1.29 is 4.79 Å². The Kier molecular flexibility index (Phi) is 3.20. The Morgan fingerprint density at radius 2 is 1.96 bits per heavy atom. The summed E-state index contributed by atoms with van der Waals surface area (Å²) in [6, 6.07) is 0.272. The minimum absolute atomic E-state index is 0.0619. The number of aliphatic imine (C=N–C) groups is 1. The number of amides is 2. The molecule has 3 atom stereocenters. The van der Waals surface area contributed by atoms with Gasteiger partial charge in [-0.05, 0) is 62.7 Å². The van der Waals surface area contributed by atoms with Crippen molar-refractivity contribution in [3.8, 4) is 0 Å². The smallest absolute Gasteiger partial charge is 0.331 e. The lowest BCUT2D eigenvalue weighted by Gasteiger charge is -2.32. The molecule has 6 nitrogen and oxygen atoms in total. The van der Waals surface area contributed by atoms with Crippen molar-refractivity contribution in [1.82, 2.24) is 14.9 Å². The first kappa shape index (κ1) is 16.1. The van der Waals surface area contributed by atoms with Crippen LogP contribution in [0, 0.1) is 17.8 Å². The highest BCUT2D eigenvalue weighted by Gasteiger charge is 2.60. The number of hydrogen-bond acceptors (Lipinski definition) is 3. The summed E-state index contributed by atoms with van der Waals surface area (Å²) in [5.41, 5.74) is 1.23. The van der Waals surface area contributed by atoms with Crippen molar-refractivity contribution in [3.05, 3.63) is 11.5 Å². The highest BCUT2D eigenvalue weighted by Crippen LogP contribution is 2.65. The SMILES string of the molecule is CCCN1C(=O)N2CC(CC)N=C2c2[nH]c(C34CC5CC(CC3C5)C4)nc21. The largest absolute Gasteiger partial charge is 0.337 e. The molecule has 7 rings (SSSR count). The van der Waals surface area contributed by atoms with Crippen LogP contribution in [-0.4, -0.2) is 45.9 Å². The van der Waals surface area contributed by atoms with E-state index in [1.807, 2.05) is 9.80 Å². The Labute approximate surface area is 160 Å². The van der Waals surface area contributed by atoms with E-state index >= 15 is 0 Å². The summed E-state index contributed by atoms with van der Waals surface area (Å²) in [5.74, 6) is 5.40. The fourth-order valence-corrected chi connectivity index (χ4v) is 6.96. The fraction of sp³-hybridized carbons (Fsp3) is 0.762. The number of amidine groups is 1. The number of aromatic amines is 1. The van der Waals surface area contributed by atoms with Crippen LogP contribution in [0.1, 0.15) is 70.3 Å². The van der Waals surface area contributed by atoms with Crippen LogP contribution in [0.25, 0.3) is 0 Å². The summed E-state index contributed by atoms with van der Waals surface area (Å²) < 4.78 is 0. The fourth-order valence-electron chi connectivity index (χ4n) is 6.96. The molecule has 4 saturated carbocycles. The summed E-state index contributed by atoms with van der Waals surface area (Å²) in [4.78, 5) is 30.7. The summed E-state index contributed by atoms with van der Waals surface area (Å²) in [5, 5.41) is 0. The monoisotopic (exact) mass is 367 g/mol. The van der Waals surface area contributed by atoms with Gasteiger partial charge in [0.15, 0.2) is 11.7 Å². The number of nitrogens with one attached hydrogen (secondary N) is 1. The van der Waals surface area contributed by atoms with Gasteiger partial charge in [-0.3, -0.25) is 14.8 Å². The number of fused-ring (bicyclic) bond motifs is 3. The molecule has 0 radical (unpaired) electrons. The number of carbonyl (C=O) groups is 1. The molecule has 4 bridgehead atoms. The lowest BCUT2D eigenvalue weighted by atomic mass is 9.75. The van der Waals surface area contributed by atoms with Crippen molar-refractivity contribution >= 4 is 17.7 Å². The topological polar surface area (TPSA) is 64.6 Å². The molecule has 1 aromatic heterocycles. The third-order valence-corrected chi connectivity index (χ3v) is 7.96. The van der Waals surface area contributed by atoms with Crippen LogP contribution in [0.15, 0.2) is 4.99 Å². The molecule has 6 aliphatic rings. The standard InChI is InChI=1S/C21H29N5O/c1-3-5-25-18-16(17-22-15(4-2)11-26(17)20(25)27)23-19(24-18)21-9-12-6-13(10-21)8-14(21)7-12/h12-15H,3-11H2,1-2H3,(H,23,24). The first-order chi connectivity index (χ1) is 13.1. The predicted molar refractivity (Wildman–Crippen MR) is 104 cm³/mol. The zero-order valence-electron chi connectivity index (χ0n) is 16.4. The van der Waals surface area contributed by atoms with Gasteiger partial charge in [0.1, 0.15) is 11.5 Å². The first-order valence-corrected chi connectivity index (χ1v) is 10.9. The Morgan fingerprint density at radius 3 is 2.67 bits per heavy atom. The van der Waals surface area contributed by atoms with Gasteiger partial charge in [0.2, 0.25) is 0 Å². The van der Waals surface area contributed by atoms with Gasteiger partial charge in [-0.15, -0.1) is 0 Å². The van der Waals surface area contributed by atoms with E-state index in [9.17, 15) is 4.79 Å². The first-order valence-electron chi connectivity index (χ1n) is 10.9. The average Bonchev–Trinajstić information content (AvgIpc) is 3.38. The Bertz CT molecular complexity index is 828. The number of aromatic nitrogens is 2. The highest BCUT2D eigenvalue weighted by atomic mass is 16.2. The number of urea groups is 1. The number of hydrogen-bond donors (Lipinski definition) is 1. The van der Waals surface area contributed by atoms with Gasteiger partial charge in [0, 0.05) is 12.0 Å². The van der Waals surface area contributed by atoms with E-state index in [-0.39, 0.29) is 17.5 Å². The third kappa shape index (κ3) is 1.99. The van der Waals surface area contributed by atoms with Crippen LogP contribution in [0.3, 0.4) is 0 Å². The molecule has 2 amide bonds. The molecule has 0 saturated heterocycles. The molecule has 0 spiro atoms. The zero-order valence-corrected chi connectivity index (χ0v) is 16.4. The van der Waals surface area contributed by atoms with Crippen molar-refractivity contribution in [2.45, 2.75) is 70.3 Å². The highest BCUT2D eigenvalue weighted by molar-refractivity contribution is 6.18. The van der Waals surface area contributed by atoms with E-state index in [0.29, 0.717) is 6.54 Å². The molecule has 2 aliphatic heterocycles. The van der Waals surface area contributed by atoms with Gasteiger partial charge in [0.05, 0.1) is 12.6 Å². The van der Waals surface area contributed by atoms with Crippen LogP contribution >= 0.6 is 0 Å². The summed E-state index contributed by atoms with van der Waals surface area (Å²) in [6.07, 6.45) is 8.66. The minimum atomic E-state index is 0.0619. The van der Waals surface area contributed by atoms with Gasteiger partial charge in [-0.25, -0.2) is 9.78 Å². The molecule has 1 aromatic rings. The normalized spacial score (nSPS) is 38.6. The molecule has 3 heterocycles. The van der Waals surface area contributed by atoms with Crippen LogP contribution < -0.4 is 4.90 Å². The molecular formula is C21H29N5O. The van der Waals surface area contributed by atoms with E-state index in [1.54, 1.807) is 0 Å². The van der Waals surface area contributed by atoms with Crippen LogP contribution in [0.2, 0.25) is 0 Å². The number of anilines is 1. The molecule has 3 unspecified atom stereocenters. The van der Waals surface area contributed by atoms with Crippen molar-refractivity contribution in [2.24, 2.45) is 22.7 Å². The predicted octanol–water partition coefficient (Wildman–Crippen LogP) is 3.68.